The molecule has 0 fully saturated rings. The highest BCUT2D eigenvalue weighted by Gasteiger charge is 2.10. The molecule has 0 aliphatic rings. The molecule has 3 aromatic rings. The Morgan fingerprint density at radius 2 is 2.05 bits per heavy atom. The van der Waals surface area contributed by atoms with Crippen LogP contribution in [0.5, 0.6) is 5.75 Å². The summed E-state index contributed by atoms with van der Waals surface area (Å²) in [6.45, 7) is 0. The van der Waals surface area contributed by atoms with E-state index in [4.69, 9.17) is 10.5 Å². The fraction of sp³-hybridized carbons (Fsp3) is 0.0714. The molecule has 1 aromatic carbocycles. The SMILES string of the molecule is COc1cccnc1-n1cnc(-c2cccc(N)c2)n1. The molecule has 100 valence electrons. The molecule has 0 atom stereocenters. The van der Waals surface area contributed by atoms with E-state index in [1.165, 1.54) is 0 Å². The van der Waals surface area contributed by atoms with E-state index in [0.717, 1.165) is 5.56 Å². The predicted molar refractivity (Wildman–Crippen MR) is 75.6 cm³/mol. The third kappa shape index (κ3) is 2.18. The van der Waals surface area contributed by atoms with Crippen molar-refractivity contribution in [3.63, 3.8) is 0 Å². The van der Waals surface area contributed by atoms with E-state index in [-0.39, 0.29) is 0 Å². The van der Waals surface area contributed by atoms with Crippen molar-refractivity contribution in [1.82, 2.24) is 19.7 Å². The first-order valence-corrected chi connectivity index (χ1v) is 6.05. The van der Waals surface area contributed by atoms with E-state index in [0.29, 0.717) is 23.1 Å². The van der Waals surface area contributed by atoms with Gasteiger partial charge in [-0.25, -0.2) is 9.97 Å². The second kappa shape index (κ2) is 5.00. The van der Waals surface area contributed by atoms with Crippen LogP contribution in [-0.4, -0.2) is 26.9 Å². The summed E-state index contributed by atoms with van der Waals surface area (Å²) in [6, 6.07) is 11.1. The number of nitrogens with two attached hydrogens (primary N) is 1. The Balaban J connectivity index is 2.02. The van der Waals surface area contributed by atoms with Crippen LogP contribution in [0.25, 0.3) is 17.2 Å². The maximum absolute atomic E-state index is 5.76. The minimum absolute atomic E-state index is 0.588. The molecule has 20 heavy (non-hydrogen) atoms. The Bertz CT molecular complexity index is 738. The highest BCUT2D eigenvalue weighted by atomic mass is 16.5. The van der Waals surface area contributed by atoms with Crippen molar-refractivity contribution < 1.29 is 4.74 Å². The van der Waals surface area contributed by atoms with Gasteiger partial charge in [-0.1, -0.05) is 12.1 Å². The smallest absolute Gasteiger partial charge is 0.197 e. The second-order valence-corrected chi connectivity index (χ2v) is 4.17. The molecule has 0 unspecified atom stereocenters. The molecule has 2 aromatic heterocycles. The van der Waals surface area contributed by atoms with Crippen molar-refractivity contribution in [1.29, 1.82) is 0 Å². The molecule has 6 nitrogen and oxygen atoms in total. The number of benzene rings is 1. The lowest BCUT2D eigenvalue weighted by atomic mass is 10.2. The van der Waals surface area contributed by atoms with Crippen LogP contribution in [0.1, 0.15) is 0 Å². The van der Waals surface area contributed by atoms with Crippen molar-refractivity contribution in [3.05, 3.63) is 48.9 Å². The molecule has 0 saturated heterocycles. The Kier molecular flexibility index (Phi) is 3.04. The highest BCUT2D eigenvalue weighted by Crippen LogP contribution is 2.21. The van der Waals surface area contributed by atoms with Crippen LogP contribution in [0.3, 0.4) is 0 Å². The van der Waals surface area contributed by atoms with Gasteiger partial charge >= 0.3 is 0 Å². The molecule has 2 heterocycles. The summed E-state index contributed by atoms with van der Waals surface area (Å²) >= 11 is 0. The van der Waals surface area contributed by atoms with Gasteiger partial charge in [0.2, 0.25) is 0 Å². The maximum atomic E-state index is 5.76. The number of aromatic nitrogens is 4. The normalized spacial score (nSPS) is 10.4. The van der Waals surface area contributed by atoms with Gasteiger partial charge in [0.05, 0.1) is 7.11 Å². The van der Waals surface area contributed by atoms with Crippen LogP contribution in [0.2, 0.25) is 0 Å². The number of rotatable bonds is 3. The first-order chi connectivity index (χ1) is 9.78. The van der Waals surface area contributed by atoms with Gasteiger partial charge in [0.15, 0.2) is 17.4 Å². The summed E-state index contributed by atoms with van der Waals surface area (Å²) in [5.41, 5.74) is 7.30. The monoisotopic (exact) mass is 267 g/mol. The molecule has 0 aliphatic carbocycles. The van der Waals surface area contributed by atoms with Crippen LogP contribution in [0.4, 0.5) is 5.69 Å². The molecule has 0 bridgehead atoms. The van der Waals surface area contributed by atoms with Gasteiger partial charge in [0.25, 0.3) is 0 Å². The number of pyridine rings is 1. The van der Waals surface area contributed by atoms with Crippen LogP contribution in [0, 0.1) is 0 Å². The largest absolute Gasteiger partial charge is 0.493 e. The lowest BCUT2D eigenvalue weighted by molar-refractivity contribution is 0.409. The first-order valence-electron chi connectivity index (χ1n) is 6.05. The number of hydrogen-bond acceptors (Lipinski definition) is 5. The van der Waals surface area contributed by atoms with Crippen molar-refractivity contribution in [2.75, 3.05) is 12.8 Å². The Morgan fingerprint density at radius 1 is 1.15 bits per heavy atom. The summed E-state index contributed by atoms with van der Waals surface area (Å²) < 4.78 is 6.84. The number of methoxy groups -OCH3 is 1. The zero-order valence-corrected chi connectivity index (χ0v) is 10.9. The van der Waals surface area contributed by atoms with Crippen LogP contribution in [0.15, 0.2) is 48.9 Å². The van der Waals surface area contributed by atoms with Crippen molar-refractivity contribution in [2.24, 2.45) is 0 Å². The fourth-order valence-electron chi connectivity index (χ4n) is 1.89. The zero-order chi connectivity index (χ0) is 13.9. The summed E-state index contributed by atoms with van der Waals surface area (Å²) in [6.07, 6.45) is 3.28. The van der Waals surface area contributed by atoms with Gasteiger partial charge in [0, 0.05) is 17.4 Å². The fourth-order valence-corrected chi connectivity index (χ4v) is 1.89. The average Bonchev–Trinajstić information content (AvgIpc) is 2.97. The summed E-state index contributed by atoms with van der Waals surface area (Å²) in [4.78, 5) is 8.54. The average molecular weight is 267 g/mol. The van der Waals surface area contributed by atoms with Crippen LogP contribution < -0.4 is 10.5 Å². The number of hydrogen-bond donors (Lipinski definition) is 1. The maximum Gasteiger partial charge on any atom is 0.197 e. The number of nitrogen functional groups attached to an aromatic ring is 1. The molecule has 0 aliphatic heterocycles. The van der Waals surface area contributed by atoms with Gasteiger partial charge in [-0.05, 0) is 24.3 Å². The Morgan fingerprint density at radius 3 is 2.85 bits per heavy atom. The second-order valence-electron chi connectivity index (χ2n) is 4.17. The molecule has 3 rings (SSSR count). The molecule has 0 amide bonds. The molecule has 0 radical (unpaired) electrons. The molecular formula is C14H13N5O. The Labute approximate surface area is 115 Å². The molecule has 0 spiro atoms. The van der Waals surface area contributed by atoms with Crippen molar-refractivity contribution >= 4 is 5.69 Å². The predicted octanol–water partition coefficient (Wildman–Crippen LogP) is 1.92. The number of nitrogens with zero attached hydrogens (tertiary/aromatic N) is 4. The summed E-state index contributed by atoms with van der Waals surface area (Å²) in [5.74, 6) is 1.82. The molecule has 0 saturated carbocycles. The molecular weight excluding hydrogens is 254 g/mol. The minimum Gasteiger partial charge on any atom is -0.493 e. The first kappa shape index (κ1) is 12.2. The standard InChI is InChI=1S/C14H13N5O/c1-20-12-6-3-7-16-14(12)19-9-17-13(18-19)10-4-2-5-11(15)8-10/h2-9H,15H2,1H3. The number of ether oxygens (including phenoxy) is 1. The van der Waals surface area contributed by atoms with E-state index < -0.39 is 0 Å². The van der Waals surface area contributed by atoms with Gasteiger partial charge in [-0.15, -0.1) is 5.10 Å². The highest BCUT2D eigenvalue weighted by molar-refractivity contribution is 5.60. The van der Waals surface area contributed by atoms with Gasteiger partial charge in [-0.2, -0.15) is 4.68 Å². The van der Waals surface area contributed by atoms with E-state index >= 15 is 0 Å². The summed E-state index contributed by atoms with van der Waals surface area (Å²) in [7, 11) is 1.59. The van der Waals surface area contributed by atoms with Crippen molar-refractivity contribution in [3.8, 4) is 23.0 Å². The van der Waals surface area contributed by atoms with E-state index in [9.17, 15) is 0 Å². The van der Waals surface area contributed by atoms with E-state index in [1.807, 2.05) is 30.3 Å². The van der Waals surface area contributed by atoms with Gasteiger partial charge in [-0.3, -0.25) is 0 Å². The lowest BCUT2D eigenvalue weighted by Gasteiger charge is -2.05. The number of anilines is 1. The molecule has 6 heteroatoms. The topological polar surface area (TPSA) is 78.8 Å². The molecule has 2 N–H and O–H groups in total. The third-order valence-electron chi connectivity index (χ3n) is 2.82. The van der Waals surface area contributed by atoms with E-state index in [1.54, 1.807) is 30.4 Å². The minimum atomic E-state index is 0.588. The van der Waals surface area contributed by atoms with E-state index in [2.05, 4.69) is 15.1 Å². The van der Waals surface area contributed by atoms with Crippen molar-refractivity contribution in [2.45, 2.75) is 0 Å². The van der Waals surface area contributed by atoms with Crippen LogP contribution in [-0.2, 0) is 0 Å². The van der Waals surface area contributed by atoms with Gasteiger partial charge < -0.3 is 10.5 Å². The Hall–Kier alpha value is -2.89. The quantitative estimate of drug-likeness (QED) is 0.733. The third-order valence-corrected chi connectivity index (χ3v) is 2.82. The lowest BCUT2D eigenvalue weighted by Crippen LogP contribution is -2.01. The zero-order valence-electron chi connectivity index (χ0n) is 10.9. The van der Waals surface area contributed by atoms with Crippen LogP contribution >= 0.6 is 0 Å². The summed E-state index contributed by atoms with van der Waals surface area (Å²) in [5, 5.41) is 4.41. The van der Waals surface area contributed by atoms with Gasteiger partial charge in [0.1, 0.15) is 6.33 Å².